The number of rotatable bonds is 5. The van der Waals surface area contributed by atoms with Crippen LogP contribution >= 0.6 is 0 Å². The van der Waals surface area contributed by atoms with Gasteiger partial charge in [0.2, 0.25) is 0 Å². The quantitative estimate of drug-likeness (QED) is 0.755. The maximum absolute atomic E-state index is 11.0. The van der Waals surface area contributed by atoms with Gasteiger partial charge >= 0.3 is 5.97 Å². The lowest BCUT2D eigenvalue weighted by Crippen LogP contribution is -2.24. The first kappa shape index (κ1) is 12.7. The number of benzene rings is 1. The number of hydrogen-bond acceptors (Lipinski definition) is 4. The number of hydrogen-bond donors (Lipinski definition) is 1. The van der Waals surface area contributed by atoms with Gasteiger partial charge in [0.1, 0.15) is 0 Å². The summed E-state index contributed by atoms with van der Waals surface area (Å²) in [5, 5.41) is 9.49. The van der Waals surface area contributed by atoms with Crippen LogP contribution in [-0.4, -0.2) is 31.4 Å². The van der Waals surface area contributed by atoms with E-state index in [0.29, 0.717) is 6.61 Å². The van der Waals surface area contributed by atoms with Crippen LogP contribution in [0.5, 0.6) is 0 Å². The fourth-order valence-electron chi connectivity index (χ4n) is 1.46. The molecule has 1 atom stereocenters. The molecule has 0 heterocycles. The number of carbonyl (C=O) groups is 1. The highest BCUT2D eigenvalue weighted by molar-refractivity contribution is 5.74. The van der Waals surface area contributed by atoms with E-state index in [2.05, 4.69) is 4.74 Å². The summed E-state index contributed by atoms with van der Waals surface area (Å²) in [4.78, 5) is 11.0. The molecule has 1 unspecified atom stereocenters. The van der Waals surface area contributed by atoms with E-state index in [1.54, 1.807) is 7.11 Å². The van der Waals surface area contributed by atoms with Gasteiger partial charge in [-0.1, -0.05) is 24.3 Å². The fourth-order valence-corrected chi connectivity index (χ4v) is 1.46. The first-order valence-electron chi connectivity index (χ1n) is 5.00. The van der Waals surface area contributed by atoms with Crippen molar-refractivity contribution in [1.29, 1.82) is 0 Å². The Bertz CT molecular complexity index is 349. The lowest BCUT2D eigenvalue weighted by molar-refractivity contribution is -0.150. The molecule has 0 aromatic heterocycles. The van der Waals surface area contributed by atoms with Crippen LogP contribution in [0.1, 0.15) is 11.1 Å². The molecule has 1 aromatic rings. The molecule has 0 radical (unpaired) electrons. The van der Waals surface area contributed by atoms with E-state index in [4.69, 9.17) is 4.74 Å². The Kier molecular flexibility index (Phi) is 4.95. The van der Waals surface area contributed by atoms with Gasteiger partial charge in [-0.05, 0) is 11.1 Å². The number of esters is 1. The Labute approximate surface area is 94.8 Å². The molecule has 0 bridgehead atoms. The van der Waals surface area contributed by atoms with Crippen molar-refractivity contribution in [2.45, 2.75) is 19.1 Å². The predicted octanol–water partition coefficient (Wildman–Crippen LogP) is 0.909. The molecule has 16 heavy (non-hydrogen) atoms. The summed E-state index contributed by atoms with van der Waals surface area (Å²) in [5.74, 6) is -0.614. The third kappa shape index (κ3) is 3.64. The molecule has 0 saturated carbocycles. The third-order valence-corrected chi connectivity index (χ3v) is 2.20. The van der Waals surface area contributed by atoms with Gasteiger partial charge in [0, 0.05) is 13.5 Å². The number of carbonyl (C=O) groups excluding carboxylic acids is 1. The van der Waals surface area contributed by atoms with Crippen LogP contribution < -0.4 is 0 Å². The smallest absolute Gasteiger partial charge is 0.335 e. The fraction of sp³-hybridized carbons (Fsp3) is 0.417. The predicted molar refractivity (Wildman–Crippen MR) is 58.9 cm³/mol. The van der Waals surface area contributed by atoms with Gasteiger partial charge in [0.15, 0.2) is 6.10 Å². The van der Waals surface area contributed by atoms with Crippen molar-refractivity contribution in [2.75, 3.05) is 14.2 Å². The van der Waals surface area contributed by atoms with Crippen LogP contribution in [0.4, 0.5) is 0 Å². The molecule has 1 rings (SSSR count). The van der Waals surface area contributed by atoms with Crippen LogP contribution in [-0.2, 0) is 27.3 Å². The van der Waals surface area contributed by atoms with Gasteiger partial charge < -0.3 is 14.6 Å². The van der Waals surface area contributed by atoms with Crippen LogP contribution in [0.15, 0.2) is 24.3 Å². The molecular weight excluding hydrogens is 208 g/mol. The van der Waals surface area contributed by atoms with Crippen molar-refractivity contribution >= 4 is 5.97 Å². The summed E-state index contributed by atoms with van der Waals surface area (Å²) in [6.07, 6.45) is -0.854. The van der Waals surface area contributed by atoms with Crippen LogP contribution in [0.25, 0.3) is 0 Å². The van der Waals surface area contributed by atoms with E-state index in [9.17, 15) is 9.90 Å². The average Bonchev–Trinajstić information content (AvgIpc) is 2.29. The maximum atomic E-state index is 11.0. The third-order valence-electron chi connectivity index (χ3n) is 2.20. The monoisotopic (exact) mass is 224 g/mol. The van der Waals surface area contributed by atoms with E-state index in [-0.39, 0.29) is 6.42 Å². The Morgan fingerprint density at radius 3 is 2.69 bits per heavy atom. The minimum atomic E-state index is -1.11. The molecule has 1 N–H and O–H groups in total. The summed E-state index contributed by atoms with van der Waals surface area (Å²) in [5.41, 5.74) is 1.89. The number of methoxy groups -OCH3 is 2. The molecule has 0 spiro atoms. The molecular formula is C12H16O4. The number of ether oxygens (including phenoxy) is 2. The second-order valence-electron chi connectivity index (χ2n) is 3.50. The molecule has 0 amide bonds. The largest absolute Gasteiger partial charge is 0.467 e. The summed E-state index contributed by atoms with van der Waals surface area (Å²) in [6.45, 7) is 0.516. The van der Waals surface area contributed by atoms with Crippen LogP contribution in [0.2, 0.25) is 0 Å². The number of aliphatic hydroxyl groups excluding tert-OH is 1. The summed E-state index contributed by atoms with van der Waals surface area (Å²) >= 11 is 0. The Morgan fingerprint density at radius 2 is 2.06 bits per heavy atom. The molecule has 4 nitrogen and oxygen atoms in total. The average molecular weight is 224 g/mol. The molecule has 0 saturated heterocycles. The zero-order chi connectivity index (χ0) is 12.0. The summed E-state index contributed by atoms with van der Waals surface area (Å²) in [6, 6.07) is 7.55. The molecule has 4 heteroatoms. The zero-order valence-electron chi connectivity index (χ0n) is 9.47. The Hall–Kier alpha value is -1.39. The van der Waals surface area contributed by atoms with Gasteiger partial charge in [-0.25, -0.2) is 4.79 Å². The van der Waals surface area contributed by atoms with Crippen molar-refractivity contribution in [3.05, 3.63) is 35.4 Å². The maximum Gasteiger partial charge on any atom is 0.335 e. The minimum Gasteiger partial charge on any atom is -0.467 e. The van der Waals surface area contributed by atoms with Crippen molar-refractivity contribution in [3.8, 4) is 0 Å². The second-order valence-corrected chi connectivity index (χ2v) is 3.50. The first-order chi connectivity index (χ1) is 7.67. The number of aliphatic hydroxyl groups is 1. The van der Waals surface area contributed by atoms with E-state index >= 15 is 0 Å². The Balaban J connectivity index is 2.66. The lowest BCUT2D eigenvalue weighted by Gasteiger charge is -2.09. The van der Waals surface area contributed by atoms with Crippen LogP contribution in [0.3, 0.4) is 0 Å². The highest BCUT2D eigenvalue weighted by Crippen LogP contribution is 2.09. The highest BCUT2D eigenvalue weighted by Gasteiger charge is 2.15. The van der Waals surface area contributed by atoms with Crippen molar-refractivity contribution in [1.82, 2.24) is 0 Å². The van der Waals surface area contributed by atoms with Crippen molar-refractivity contribution < 1.29 is 19.4 Å². The summed E-state index contributed by atoms with van der Waals surface area (Å²) in [7, 11) is 2.88. The molecule has 0 aliphatic rings. The normalized spacial score (nSPS) is 12.2. The molecule has 1 aromatic carbocycles. The van der Waals surface area contributed by atoms with E-state index < -0.39 is 12.1 Å². The van der Waals surface area contributed by atoms with Gasteiger partial charge in [-0.15, -0.1) is 0 Å². The van der Waals surface area contributed by atoms with Gasteiger partial charge in [-0.2, -0.15) is 0 Å². The minimum absolute atomic E-state index is 0.254. The van der Waals surface area contributed by atoms with Crippen molar-refractivity contribution in [3.63, 3.8) is 0 Å². The van der Waals surface area contributed by atoms with E-state index in [1.165, 1.54) is 7.11 Å². The van der Waals surface area contributed by atoms with Crippen LogP contribution in [0, 0.1) is 0 Å². The topological polar surface area (TPSA) is 55.8 Å². The second kappa shape index (κ2) is 6.25. The molecule has 88 valence electrons. The molecule has 0 aliphatic heterocycles. The molecule has 0 fully saturated rings. The highest BCUT2D eigenvalue weighted by atomic mass is 16.5. The lowest BCUT2D eigenvalue weighted by atomic mass is 10.1. The van der Waals surface area contributed by atoms with Crippen molar-refractivity contribution in [2.24, 2.45) is 0 Å². The standard InChI is InChI=1S/C12H16O4/c1-15-8-10-5-3-4-9(6-10)7-11(13)12(14)16-2/h3-6,11,13H,7-8H2,1-2H3. The summed E-state index contributed by atoms with van der Waals surface area (Å²) < 4.78 is 9.45. The van der Waals surface area contributed by atoms with Gasteiger partial charge in [0.05, 0.1) is 13.7 Å². The van der Waals surface area contributed by atoms with Gasteiger partial charge in [0.25, 0.3) is 0 Å². The molecule has 0 aliphatic carbocycles. The Morgan fingerprint density at radius 1 is 1.38 bits per heavy atom. The van der Waals surface area contributed by atoms with Gasteiger partial charge in [-0.3, -0.25) is 0 Å². The van der Waals surface area contributed by atoms with E-state index in [0.717, 1.165) is 11.1 Å². The SMILES string of the molecule is COCc1cccc(CC(O)C(=O)OC)c1. The zero-order valence-corrected chi connectivity index (χ0v) is 9.47. The first-order valence-corrected chi connectivity index (χ1v) is 5.00. The van der Waals surface area contributed by atoms with E-state index in [1.807, 2.05) is 24.3 Å².